The molecule has 2 aliphatic heterocycles. The molecule has 0 spiro atoms. The molecule has 5 rings (SSSR count). The van der Waals surface area contributed by atoms with E-state index in [2.05, 4.69) is 42.5 Å². The number of rotatable bonds is 5. The van der Waals surface area contributed by atoms with E-state index < -0.39 is 0 Å². The molecular formula is C29H38ClN5O2S. The van der Waals surface area contributed by atoms with Crippen molar-refractivity contribution in [1.29, 1.82) is 0 Å². The van der Waals surface area contributed by atoms with Crippen LogP contribution < -0.4 is 4.90 Å². The van der Waals surface area contributed by atoms with Gasteiger partial charge in [-0.05, 0) is 56.1 Å². The van der Waals surface area contributed by atoms with E-state index in [9.17, 15) is 9.59 Å². The predicted molar refractivity (Wildman–Crippen MR) is 153 cm³/mol. The molecule has 2 saturated heterocycles. The summed E-state index contributed by atoms with van der Waals surface area (Å²) in [5.41, 5.74) is 2.34. The SMILES string of the molecule is Cc1ccc(C(=O)N2CCN(c3cc(Cl)nc(SCC(=O)N4CC5(C)CC4CC(C)(C)C5)n3)CC2C)cc1. The van der Waals surface area contributed by atoms with Gasteiger partial charge in [0.15, 0.2) is 5.16 Å². The number of hydrogen-bond donors (Lipinski definition) is 0. The summed E-state index contributed by atoms with van der Waals surface area (Å²) >= 11 is 7.75. The Morgan fingerprint density at radius 1 is 1.08 bits per heavy atom. The number of carbonyl (C=O) groups excluding carboxylic acids is 2. The van der Waals surface area contributed by atoms with Crippen LogP contribution >= 0.6 is 23.4 Å². The number of carbonyl (C=O) groups is 2. The van der Waals surface area contributed by atoms with Gasteiger partial charge >= 0.3 is 0 Å². The van der Waals surface area contributed by atoms with Gasteiger partial charge in [0.05, 0.1) is 5.75 Å². The van der Waals surface area contributed by atoms with Crippen LogP contribution in [0.25, 0.3) is 0 Å². The summed E-state index contributed by atoms with van der Waals surface area (Å²) in [6, 6.07) is 9.83. The van der Waals surface area contributed by atoms with E-state index in [0.29, 0.717) is 47.3 Å². The first-order chi connectivity index (χ1) is 17.9. The quantitative estimate of drug-likeness (QED) is 0.283. The Hall–Kier alpha value is -2.32. The van der Waals surface area contributed by atoms with Crippen molar-refractivity contribution in [3.05, 3.63) is 46.6 Å². The molecule has 38 heavy (non-hydrogen) atoms. The van der Waals surface area contributed by atoms with Crippen LogP contribution in [-0.2, 0) is 4.79 Å². The number of thioether (sulfide) groups is 1. The van der Waals surface area contributed by atoms with Crippen LogP contribution in [0.2, 0.25) is 5.15 Å². The largest absolute Gasteiger partial charge is 0.353 e. The van der Waals surface area contributed by atoms with Gasteiger partial charge in [-0.3, -0.25) is 9.59 Å². The molecule has 3 heterocycles. The number of piperazine rings is 1. The highest BCUT2D eigenvalue weighted by Gasteiger charge is 2.50. The van der Waals surface area contributed by atoms with Crippen molar-refractivity contribution in [2.75, 3.05) is 36.8 Å². The van der Waals surface area contributed by atoms with Crippen LogP contribution in [0.1, 0.15) is 62.9 Å². The molecule has 204 valence electrons. The summed E-state index contributed by atoms with van der Waals surface area (Å²) < 4.78 is 0. The zero-order valence-electron chi connectivity index (χ0n) is 23.0. The van der Waals surface area contributed by atoms with E-state index in [4.69, 9.17) is 16.6 Å². The van der Waals surface area contributed by atoms with Gasteiger partial charge in [-0.15, -0.1) is 0 Å². The highest BCUT2D eigenvalue weighted by Crippen LogP contribution is 2.52. The number of aryl methyl sites for hydroxylation is 1. The maximum absolute atomic E-state index is 13.2. The molecule has 3 atom stereocenters. The van der Waals surface area contributed by atoms with Crippen LogP contribution in [0.5, 0.6) is 0 Å². The average molecular weight is 556 g/mol. The summed E-state index contributed by atoms with van der Waals surface area (Å²) in [5, 5.41) is 0.877. The van der Waals surface area contributed by atoms with Gasteiger partial charge in [0.2, 0.25) is 5.91 Å². The lowest BCUT2D eigenvalue weighted by molar-refractivity contribution is -0.129. The zero-order valence-corrected chi connectivity index (χ0v) is 24.6. The molecule has 9 heteroatoms. The normalized spacial score (nSPS) is 26.5. The van der Waals surface area contributed by atoms with E-state index in [1.807, 2.05) is 36.1 Å². The minimum absolute atomic E-state index is 0.0177. The maximum atomic E-state index is 13.2. The Balaban J connectivity index is 1.21. The van der Waals surface area contributed by atoms with Crippen molar-refractivity contribution >= 4 is 41.0 Å². The van der Waals surface area contributed by atoms with Gasteiger partial charge in [-0.25, -0.2) is 9.97 Å². The Kier molecular flexibility index (Phi) is 7.42. The number of hydrogen-bond acceptors (Lipinski definition) is 6. The maximum Gasteiger partial charge on any atom is 0.254 e. The van der Waals surface area contributed by atoms with Crippen LogP contribution in [0, 0.1) is 17.8 Å². The molecule has 1 aromatic heterocycles. The van der Waals surface area contributed by atoms with E-state index in [1.54, 1.807) is 6.07 Å². The van der Waals surface area contributed by atoms with Crippen molar-refractivity contribution in [3.8, 4) is 0 Å². The second-order valence-electron chi connectivity index (χ2n) is 12.5. The number of fused-ring (bicyclic) bond motifs is 2. The lowest BCUT2D eigenvalue weighted by Gasteiger charge is -2.40. The topological polar surface area (TPSA) is 69.6 Å². The average Bonchev–Trinajstić information content (AvgIpc) is 3.10. The fourth-order valence-corrected chi connectivity index (χ4v) is 7.87. The Morgan fingerprint density at radius 3 is 2.53 bits per heavy atom. The molecule has 2 aromatic rings. The molecule has 3 aliphatic rings. The minimum Gasteiger partial charge on any atom is -0.353 e. The fourth-order valence-electron chi connectivity index (χ4n) is 6.90. The summed E-state index contributed by atoms with van der Waals surface area (Å²) in [6.07, 6.45) is 3.32. The van der Waals surface area contributed by atoms with Gasteiger partial charge in [-0.2, -0.15) is 0 Å². The molecular weight excluding hydrogens is 518 g/mol. The number of likely N-dealkylation sites (tertiary alicyclic amines) is 1. The van der Waals surface area contributed by atoms with Gasteiger partial charge in [0.1, 0.15) is 11.0 Å². The first-order valence-electron chi connectivity index (χ1n) is 13.5. The molecule has 7 nitrogen and oxygen atoms in total. The summed E-state index contributed by atoms with van der Waals surface area (Å²) in [6.45, 7) is 13.8. The van der Waals surface area contributed by atoms with Crippen molar-refractivity contribution in [3.63, 3.8) is 0 Å². The standard InChI is InChI=1S/C29H38ClN5O2S/c1-19-6-8-21(9-7-19)26(37)34-11-10-33(15-20(34)2)24-12-23(30)31-27(32-24)38-16-25(36)35-18-29(5)14-22(35)13-28(3,4)17-29/h6-9,12,20,22H,10-11,13-18H2,1-5H3. The van der Waals surface area contributed by atoms with Gasteiger partial charge in [-0.1, -0.05) is 61.8 Å². The fraction of sp³-hybridized carbons (Fsp3) is 0.586. The third kappa shape index (κ3) is 5.81. The number of halogens is 1. The smallest absolute Gasteiger partial charge is 0.254 e. The van der Waals surface area contributed by atoms with Crippen molar-refractivity contribution in [2.45, 2.75) is 71.1 Å². The monoisotopic (exact) mass is 555 g/mol. The van der Waals surface area contributed by atoms with Crippen molar-refractivity contribution in [2.24, 2.45) is 10.8 Å². The summed E-state index contributed by atoms with van der Waals surface area (Å²) in [4.78, 5) is 41.6. The molecule has 0 radical (unpaired) electrons. The molecule has 1 saturated carbocycles. The van der Waals surface area contributed by atoms with Gasteiger partial charge in [0, 0.05) is 49.9 Å². The highest BCUT2D eigenvalue weighted by atomic mass is 35.5. The summed E-state index contributed by atoms with van der Waals surface area (Å²) in [7, 11) is 0. The number of aromatic nitrogens is 2. The van der Waals surface area contributed by atoms with Gasteiger partial charge < -0.3 is 14.7 Å². The predicted octanol–water partition coefficient (Wildman–Crippen LogP) is 5.31. The van der Waals surface area contributed by atoms with Crippen LogP contribution in [0.15, 0.2) is 35.5 Å². The lowest BCUT2D eigenvalue weighted by atomic mass is 9.65. The first-order valence-corrected chi connectivity index (χ1v) is 14.9. The zero-order chi connectivity index (χ0) is 27.2. The Labute approximate surface area is 235 Å². The third-order valence-electron chi connectivity index (χ3n) is 8.23. The minimum atomic E-state index is 0.0177. The molecule has 0 N–H and O–H groups in total. The number of amides is 2. The molecule has 1 aromatic carbocycles. The molecule has 3 unspecified atom stereocenters. The van der Waals surface area contributed by atoms with Crippen molar-refractivity contribution < 1.29 is 9.59 Å². The second-order valence-corrected chi connectivity index (χ2v) is 13.8. The number of benzene rings is 1. The van der Waals surface area contributed by atoms with E-state index in [1.165, 1.54) is 11.8 Å². The third-order valence-corrected chi connectivity index (χ3v) is 9.26. The van der Waals surface area contributed by atoms with Crippen LogP contribution in [0.4, 0.5) is 5.82 Å². The molecule has 2 bridgehead atoms. The van der Waals surface area contributed by atoms with Crippen LogP contribution in [-0.4, -0.2) is 75.6 Å². The lowest BCUT2D eigenvalue weighted by Crippen LogP contribution is -2.54. The second kappa shape index (κ2) is 10.3. The molecule has 2 amide bonds. The highest BCUT2D eigenvalue weighted by molar-refractivity contribution is 7.99. The Bertz CT molecular complexity index is 1220. The van der Waals surface area contributed by atoms with Gasteiger partial charge in [0.25, 0.3) is 5.91 Å². The molecule has 3 fully saturated rings. The number of anilines is 1. The van der Waals surface area contributed by atoms with E-state index in [0.717, 1.165) is 37.2 Å². The van der Waals surface area contributed by atoms with E-state index >= 15 is 0 Å². The summed E-state index contributed by atoms with van der Waals surface area (Å²) in [5.74, 6) is 1.25. The van der Waals surface area contributed by atoms with E-state index in [-0.39, 0.29) is 28.7 Å². The van der Waals surface area contributed by atoms with Crippen molar-refractivity contribution in [1.82, 2.24) is 19.8 Å². The molecule has 1 aliphatic carbocycles. The first kappa shape index (κ1) is 27.3. The van der Waals surface area contributed by atoms with Crippen LogP contribution in [0.3, 0.4) is 0 Å². The number of nitrogens with zero attached hydrogens (tertiary/aromatic N) is 5. The Morgan fingerprint density at radius 2 is 1.82 bits per heavy atom.